The summed E-state index contributed by atoms with van der Waals surface area (Å²) in [6, 6.07) is 16.4. The van der Waals surface area contributed by atoms with Crippen molar-refractivity contribution in [1.29, 1.82) is 0 Å². The molecule has 8 nitrogen and oxygen atoms in total. The molecule has 0 saturated heterocycles. The van der Waals surface area contributed by atoms with Gasteiger partial charge in [-0.15, -0.1) is 10.2 Å². The smallest absolute Gasteiger partial charge is 0.277 e. The maximum atomic E-state index is 13.0. The van der Waals surface area contributed by atoms with E-state index in [1.807, 2.05) is 12.1 Å². The van der Waals surface area contributed by atoms with Crippen molar-refractivity contribution < 1.29 is 23.1 Å². The molecule has 10 heteroatoms. The molecule has 0 aliphatic heterocycles. The van der Waals surface area contributed by atoms with Crippen LogP contribution in [0.15, 0.2) is 76.5 Å². The van der Waals surface area contributed by atoms with Gasteiger partial charge in [0.25, 0.3) is 5.22 Å². The average molecular weight is 466 g/mol. The van der Waals surface area contributed by atoms with Crippen LogP contribution in [-0.4, -0.2) is 34.0 Å². The van der Waals surface area contributed by atoms with Gasteiger partial charge in [-0.1, -0.05) is 17.8 Å². The number of carbonyl (C=O) groups is 1. The zero-order valence-corrected chi connectivity index (χ0v) is 18.3. The molecule has 0 aliphatic rings. The number of benzene rings is 2. The second-order valence-corrected chi connectivity index (χ2v) is 7.65. The predicted molar refractivity (Wildman–Crippen MR) is 120 cm³/mol. The Bertz CT molecular complexity index is 1200. The van der Waals surface area contributed by atoms with E-state index in [-0.39, 0.29) is 17.5 Å². The first-order valence-electron chi connectivity index (χ1n) is 9.85. The van der Waals surface area contributed by atoms with Gasteiger partial charge < -0.3 is 19.2 Å². The number of nitrogens with one attached hydrogen (secondary N) is 1. The van der Waals surface area contributed by atoms with Gasteiger partial charge in [-0.3, -0.25) is 4.79 Å². The molecular formula is C23H19FN4O4S. The fourth-order valence-electron chi connectivity index (χ4n) is 2.70. The van der Waals surface area contributed by atoms with Crippen molar-refractivity contribution in [2.45, 2.75) is 11.8 Å². The summed E-state index contributed by atoms with van der Waals surface area (Å²) in [5, 5.41) is 11.1. The second-order valence-electron chi connectivity index (χ2n) is 6.73. The van der Waals surface area contributed by atoms with Crippen molar-refractivity contribution in [2.75, 3.05) is 12.9 Å². The van der Waals surface area contributed by atoms with Crippen LogP contribution in [0.3, 0.4) is 0 Å². The lowest BCUT2D eigenvalue weighted by Crippen LogP contribution is -2.24. The first-order valence-corrected chi connectivity index (χ1v) is 10.8. The highest BCUT2D eigenvalue weighted by Gasteiger charge is 2.11. The van der Waals surface area contributed by atoms with Crippen LogP contribution in [0.2, 0.25) is 0 Å². The number of hydrogen-bond acceptors (Lipinski definition) is 8. The predicted octanol–water partition coefficient (Wildman–Crippen LogP) is 4.48. The van der Waals surface area contributed by atoms with E-state index in [4.69, 9.17) is 13.9 Å². The van der Waals surface area contributed by atoms with Crippen molar-refractivity contribution >= 4 is 17.7 Å². The highest BCUT2D eigenvalue weighted by Crippen LogP contribution is 2.25. The number of hydrogen-bond donors (Lipinski definition) is 1. The first-order chi connectivity index (χ1) is 16.1. The van der Waals surface area contributed by atoms with E-state index >= 15 is 0 Å². The molecule has 0 saturated carbocycles. The lowest BCUT2D eigenvalue weighted by atomic mass is 10.2. The van der Waals surface area contributed by atoms with Gasteiger partial charge in [0.2, 0.25) is 17.7 Å². The number of amides is 1. The van der Waals surface area contributed by atoms with Crippen LogP contribution in [0.4, 0.5) is 4.39 Å². The standard InChI is InChI=1S/C23H19FN4O4S/c1-30-18-7-3-16(4-8-18)22-27-28-23(32-22)33-14-20(29)25-12-15-2-11-21(26-13-15)31-19-9-5-17(24)6-10-19/h2-11,13H,12,14H2,1H3,(H,25,29). The first kappa shape index (κ1) is 22.3. The molecule has 1 N–H and O–H groups in total. The number of methoxy groups -OCH3 is 1. The van der Waals surface area contributed by atoms with Gasteiger partial charge in [-0.2, -0.15) is 0 Å². The third kappa shape index (κ3) is 6.30. The maximum Gasteiger partial charge on any atom is 0.277 e. The number of pyridine rings is 1. The molecule has 0 radical (unpaired) electrons. The molecule has 2 aromatic heterocycles. The molecule has 168 valence electrons. The monoisotopic (exact) mass is 466 g/mol. The molecule has 0 unspecified atom stereocenters. The zero-order chi connectivity index (χ0) is 23.0. The van der Waals surface area contributed by atoms with Crippen LogP contribution in [0, 0.1) is 5.82 Å². The minimum atomic E-state index is -0.337. The average Bonchev–Trinajstić information content (AvgIpc) is 3.33. The van der Waals surface area contributed by atoms with Gasteiger partial charge in [0.1, 0.15) is 17.3 Å². The van der Waals surface area contributed by atoms with Crippen molar-refractivity contribution in [1.82, 2.24) is 20.5 Å². The van der Waals surface area contributed by atoms with Crippen molar-refractivity contribution in [3.05, 3.63) is 78.2 Å². The van der Waals surface area contributed by atoms with Crippen molar-refractivity contribution in [2.24, 2.45) is 0 Å². The highest BCUT2D eigenvalue weighted by atomic mass is 32.2. The van der Waals surface area contributed by atoms with Crippen LogP contribution in [-0.2, 0) is 11.3 Å². The summed E-state index contributed by atoms with van der Waals surface area (Å²) in [5.74, 6) is 1.56. The van der Waals surface area contributed by atoms with Gasteiger partial charge in [0, 0.05) is 24.4 Å². The van der Waals surface area contributed by atoms with E-state index in [1.165, 1.54) is 24.3 Å². The minimum absolute atomic E-state index is 0.128. The number of ether oxygens (including phenoxy) is 2. The molecule has 0 fully saturated rings. The molecule has 33 heavy (non-hydrogen) atoms. The molecule has 0 aliphatic carbocycles. The number of aromatic nitrogens is 3. The largest absolute Gasteiger partial charge is 0.497 e. The molecular weight excluding hydrogens is 447 g/mol. The summed E-state index contributed by atoms with van der Waals surface area (Å²) < 4.78 is 29.2. The topological polar surface area (TPSA) is 99.4 Å². The summed E-state index contributed by atoms with van der Waals surface area (Å²) in [6.07, 6.45) is 1.60. The summed E-state index contributed by atoms with van der Waals surface area (Å²) >= 11 is 1.15. The molecule has 0 spiro atoms. The van der Waals surface area contributed by atoms with Crippen LogP contribution in [0.5, 0.6) is 17.4 Å². The molecule has 0 bridgehead atoms. The fraction of sp³-hybridized carbons (Fsp3) is 0.130. The Labute approximate surface area is 193 Å². The summed E-state index contributed by atoms with van der Waals surface area (Å²) in [7, 11) is 1.59. The quantitative estimate of drug-likeness (QED) is 0.361. The van der Waals surface area contributed by atoms with Gasteiger partial charge in [-0.25, -0.2) is 9.37 Å². The Morgan fingerprint density at radius 2 is 1.79 bits per heavy atom. The highest BCUT2D eigenvalue weighted by molar-refractivity contribution is 7.99. The third-order valence-electron chi connectivity index (χ3n) is 4.39. The number of nitrogens with zero attached hydrogens (tertiary/aromatic N) is 3. The van der Waals surface area contributed by atoms with E-state index in [1.54, 1.807) is 37.6 Å². The number of carbonyl (C=O) groups excluding carboxylic acids is 1. The Morgan fingerprint density at radius 3 is 2.48 bits per heavy atom. The Balaban J connectivity index is 1.22. The summed E-state index contributed by atoms with van der Waals surface area (Å²) in [6.45, 7) is 0.310. The normalized spacial score (nSPS) is 10.6. The Morgan fingerprint density at radius 1 is 1.03 bits per heavy atom. The molecule has 1 amide bonds. The van der Waals surface area contributed by atoms with Crippen LogP contribution in [0.25, 0.3) is 11.5 Å². The molecule has 2 aromatic carbocycles. The van der Waals surface area contributed by atoms with Gasteiger partial charge in [-0.05, 0) is 54.1 Å². The van der Waals surface area contributed by atoms with E-state index in [0.29, 0.717) is 29.3 Å². The zero-order valence-electron chi connectivity index (χ0n) is 17.5. The molecule has 2 heterocycles. The van der Waals surface area contributed by atoms with Crippen LogP contribution in [0.1, 0.15) is 5.56 Å². The van der Waals surface area contributed by atoms with Crippen molar-refractivity contribution in [3.8, 4) is 28.8 Å². The number of halogens is 1. The fourth-order valence-corrected chi connectivity index (χ4v) is 3.29. The van der Waals surface area contributed by atoms with Gasteiger partial charge >= 0.3 is 0 Å². The van der Waals surface area contributed by atoms with E-state index < -0.39 is 0 Å². The summed E-state index contributed by atoms with van der Waals surface area (Å²) in [4.78, 5) is 16.4. The minimum Gasteiger partial charge on any atom is -0.497 e. The second kappa shape index (κ2) is 10.6. The molecule has 4 rings (SSSR count). The SMILES string of the molecule is COc1ccc(-c2nnc(SCC(=O)NCc3ccc(Oc4ccc(F)cc4)nc3)o2)cc1. The molecule has 0 atom stereocenters. The third-order valence-corrected chi connectivity index (χ3v) is 5.21. The Hall–Kier alpha value is -3.92. The number of thioether (sulfide) groups is 1. The van der Waals surface area contributed by atoms with Crippen LogP contribution >= 0.6 is 11.8 Å². The van der Waals surface area contributed by atoms with E-state index in [9.17, 15) is 9.18 Å². The van der Waals surface area contributed by atoms with Crippen LogP contribution < -0.4 is 14.8 Å². The van der Waals surface area contributed by atoms with E-state index in [0.717, 1.165) is 28.6 Å². The lowest BCUT2D eigenvalue weighted by molar-refractivity contribution is -0.118. The number of rotatable bonds is 9. The lowest BCUT2D eigenvalue weighted by Gasteiger charge is -2.07. The van der Waals surface area contributed by atoms with Gasteiger partial charge in [0.05, 0.1) is 12.9 Å². The van der Waals surface area contributed by atoms with Gasteiger partial charge in [0.15, 0.2) is 0 Å². The molecule has 4 aromatic rings. The summed E-state index contributed by atoms with van der Waals surface area (Å²) in [5.41, 5.74) is 1.57. The van der Waals surface area contributed by atoms with E-state index in [2.05, 4.69) is 20.5 Å². The Kier molecular flexibility index (Phi) is 7.16. The van der Waals surface area contributed by atoms with Crippen molar-refractivity contribution in [3.63, 3.8) is 0 Å². The maximum absolute atomic E-state index is 13.0.